The molecule has 0 unspecified atom stereocenters. The van der Waals surface area contributed by atoms with Gasteiger partial charge >= 0.3 is 5.97 Å². The van der Waals surface area contributed by atoms with E-state index in [-0.39, 0.29) is 12.3 Å². The van der Waals surface area contributed by atoms with Gasteiger partial charge in [0.1, 0.15) is 0 Å². The molecule has 0 aliphatic carbocycles. The molecule has 0 aromatic heterocycles. The second-order valence-corrected chi connectivity index (χ2v) is 5.68. The number of carboxylic acid groups (broad SMARTS) is 1. The van der Waals surface area contributed by atoms with Crippen LogP contribution in [0.1, 0.15) is 53.4 Å². The Labute approximate surface area is 110 Å². The van der Waals surface area contributed by atoms with Gasteiger partial charge in [-0.2, -0.15) is 0 Å². The van der Waals surface area contributed by atoms with Crippen LogP contribution in [-0.4, -0.2) is 35.0 Å². The highest BCUT2D eigenvalue weighted by molar-refractivity contribution is 5.76. The minimum Gasteiger partial charge on any atom is -0.481 e. The highest BCUT2D eigenvalue weighted by Gasteiger charge is 2.17. The molecule has 1 rings (SSSR count). The maximum absolute atomic E-state index is 11.4. The second-order valence-electron chi connectivity index (χ2n) is 5.68. The van der Waals surface area contributed by atoms with Gasteiger partial charge in [-0.05, 0) is 24.7 Å². The Balaban J connectivity index is 0.000000360. The number of rotatable bonds is 4. The molecule has 1 fully saturated rings. The molecule has 1 aliphatic heterocycles. The zero-order chi connectivity index (χ0) is 14.1. The third kappa shape index (κ3) is 9.02. The summed E-state index contributed by atoms with van der Waals surface area (Å²) in [4.78, 5) is 23.2. The number of hydrogen-bond donors (Lipinski definition) is 1. The molecule has 0 atom stereocenters. The molecular formula is C14H27NO3. The van der Waals surface area contributed by atoms with Gasteiger partial charge < -0.3 is 10.0 Å². The van der Waals surface area contributed by atoms with Crippen LogP contribution < -0.4 is 0 Å². The van der Waals surface area contributed by atoms with Crippen molar-refractivity contribution in [2.45, 2.75) is 53.4 Å². The van der Waals surface area contributed by atoms with Crippen LogP contribution in [0.3, 0.4) is 0 Å². The summed E-state index contributed by atoms with van der Waals surface area (Å²) >= 11 is 0. The Morgan fingerprint density at radius 2 is 1.44 bits per heavy atom. The summed E-state index contributed by atoms with van der Waals surface area (Å²) in [7, 11) is 0. The maximum Gasteiger partial charge on any atom is 0.303 e. The van der Waals surface area contributed by atoms with Crippen molar-refractivity contribution < 1.29 is 14.7 Å². The van der Waals surface area contributed by atoms with E-state index in [0.717, 1.165) is 19.5 Å². The number of carbonyl (C=O) groups is 2. The first-order chi connectivity index (χ1) is 8.32. The molecule has 0 radical (unpaired) electrons. The molecular weight excluding hydrogens is 230 g/mol. The highest BCUT2D eigenvalue weighted by Crippen LogP contribution is 2.11. The van der Waals surface area contributed by atoms with Crippen molar-refractivity contribution >= 4 is 11.9 Å². The topological polar surface area (TPSA) is 57.6 Å². The third-order valence-electron chi connectivity index (χ3n) is 2.62. The minimum absolute atomic E-state index is 0.275. The van der Waals surface area contributed by atoms with E-state index in [2.05, 4.69) is 13.8 Å². The first kappa shape index (κ1) is 16.9. The lowest BCUT2D eigenvalue weighted by atomic mass is 10.1. The largest absolute Gasteiger partial charge is 0.481 e. The van der Waals surface area contributed by atoms with Crippen LogP contribution in [0.5, 0.6) is 0 Å². The van der Waals surface area contributed by atoms with Gasteiger partial charge in [-0.25, -0.2) is 0 Å². The van der Waals surface area contributed by atoms with Gasteiger partial charge in [0.25, 0.3) is 0 Å². The van der Waals surface area contributed by atoms with Crippen LogP contribution >= 0.6 is 0 Å². The molecule has 0 aromatic carbocycles. The molecule has 4 heteroatoms. The van der Waals surface area contributed by atoms with E-state index in [9.17, 15) is 9.59 Å². The number of carbonyl (C=O) groups excluding carboxylic acids is 1. The number of aliphatic carboxylic acids is 1. The summed E-state index contributed by atoms with van der Waals surface area (Å²) in [5.74, 6) is 0.410. The lowest BCUT2D eigenvalue weighted by Gasteiger charge is -2.16. The van der Waals surface area contributed by atoms with Crippen LogP contribution in [0.2, 0.25) is 0 Å². The van der Waals surface area contributed by atoms with E-state index in [1.165, 1.54) is 12.8 Å². The minimum atomic E-state index is -0.713. The lowest BCUT2D eigenvalue weighted by Crippen LogP contribution is -2.28. The molecule has 0 aromatic rings. The summed E-state index contributed by atoms with van der Waals surface area (Å²) in [5.41, 5.74) is 0. The van der Waals surface area contributed by atoms with Crippen LogP contribution in [0.25, 0.3) is 0 Å². The smallest absolute Gasteiger partial charge is 0.303 e. The fourth-order valence-corrected chi connectivity index (χ4v) is 1.79. The molecule has 18 heavy (non-hydrogen) atoms. The molecule has 0 spiro atoms. The summed E-state index contributed by atoms with van der Waals surface area (Å²) in [5, 5.41) is 8.08. The standard InChI is InChI=1S/C9H17NO.C5H10O2/c1-8(2)7-9(11)10-5-3-4-6-10;1-4(2)3-5(6)7/h8H,3-7H2,1-2H3;4H,3H2,1-2H3,(H,6,7). The van der Waals surface area contributed by atoms with Gasteiger partial charge in [-0.1, -0.05) is 27.7 Å². The van der Waals surface area contributed by atoms with Crippen molar-refractivity contribution in [3.63, 3.8) is 0 Å². The van der Waals surface area contributed by atoms with Crippen LogP contribution in [0, 0.1) is 11.8 Å². The zero-order valence-electron chi connectivity index (χ0n) is 12.1. The van der Waals surface area contributed by atoms with Crippen molar-refractivity contribution in [3.05, 3.63) is 0 Å². The SMILES string of the molecule is CC(C)CC(=O)N1CCCC1.CC(C)CC(=O)O. The molecule has 1 N–H and O–H groups in total. The quantitative estimate of drug-likeness (QED) is 0.842. The first-order valence-corrected chi connectivity index (χ1v) is 6.82. The zero-order valence-corrected chi connectivity index (χ0v) is 12.1. The predicted molar refractivity (Wildman–Crippen MR) is 72.4 cm³/mol. The average molecular weight is 257 g/mol. The normalized spacial score (nSPS) is 14.7. The Hall–Kier alpha value is -1.06. The van der Waals surface area contributed by atoms with E-state index >= 15 is 0 Å². The van der Waals surface area contributed by atoms with Gasteiger partial charge in [0.05, 0.1) is 0 Å². The predicted octanol–water partition coefficient (Wildman–Crippen LogP) is 2.77. The van der Waals surface area contributed by atoms with Crippen molar-refractivity contribution in [3.8, 4) is 0 Å². The fraction of sp³-hybridized carbons (Fsp3) is 0.857. The molecule has 1 heterocycles. The molecule has 106 valence electrons. The van der Waals surface area contributed by atoms with Gasteiger partial charge in [0.15, 0.2) is 0 Å². The van der Waals surface area contributed by atoms with Gasteiger partial charge in [-0.3, -0.25) is 9.59 Å². The fourth-order valence-electron chi connectivity index (χ4n) is 1.79. The monoisotopic (exact) mass is 257 g/mol. The first-order valence-electron chi connectivity index (χ1n) is 6.82. The van der Waals surface area contributed by atoms with Crippen molar-refractivity contribution in [1.29, 1.82) is 0 Å². The summed E-state index contributed by atoms with van der Waals surface area (Å²) in [6.07, 6.45) is 3.40. The van der Waals surface area contributed by atoms with E-state index in [0.29, 0.717) is 11.8 Å². The Morgan fingerprint density at radius 1 is 1.00 bits per heavy atom. The lowest BCUT2D eigenvalue weighted by molar-refractivity contribution is -0.137. The molecule has 4 nitrogen and oxygen atoms in total. The van der Waals surface area contributed by atoms with Crippen molar-refractivity contribution in [2.24, 2.45) is 11.8 Å². The van der Waals surface area contributed by atoms with Gasteiger partial charge in [-0.15, -0.1) is 0 Å². The number of nitrogens with zero attached hydrogens (tertiary/aromatic N) is 1. The molecule has 1 saturated heterocycles. The number of hydrogen-bond acceptors (Lipinski definition) is 2. The Morgan fingerprint density at radius 3 is 1.72 bits per heavy atom. The second kappa shape index (κ2) is 8.95. The molecule has 1 amide bonds. The third-order valence-corrected chi connectivity index (χ3v) is 2.62. The van der Waals surface area contributed by atoms with Crippen LogP contribution in [0.15, 0.2) is 0 Å². The van der Waals surface area contributed by atoms with E-state index < -0.39 is 5.97 Å². The molecule has 0 saturated carbocycles. The van der Waals surface area contributed by atoms with E-state index in [1.54, 1.807) is 0 Å². The Kier molecular flexibility index (Phi) is 8.42. The van der Waals surface area contributed by atoms with Gasteiger partial charge in [0.2, 0.25) is 5.91 Å². The number of amides is 1. The van der Waals surface area contributed by atoms with Crippen LogP contribution in [0.4, 0.5) is 0 Å². The summed E-state index contributed by atoms with van der Waals surface area (Å²) in [6.45, 7) is 9.93. The Bertz CT molecular complexity index is 256. The van der Waals surface area contributed by atoms with Gasteiger partial charge in [0, 0.05) is 25.9 Å². The summed E-state index contributed by atoms with van der Waals surface area (Å²) < 4.78 is 0. The highest BCUT2D eigenvalue weighted by atomic mass is 16.4. The number of carboxylic acids is 1. The molecule has 0 bridgehead atoms. The summed E-state index contributed by atoms with van der Waals surface area (Å²) in [6, 6.07) is 0. The van der Waals surface area contributed by atoms with Crippen LogP contribution in [-0.2, 0) is 9.59 Å². The van der Waals surface area contributed by atoms with Crippen molar-refractivity contribution in [1.82, 2.24) is 4.90 Å². The average Bonchev–Trinajstić information content (AvgIpc) is 2.67. The molecule has 1 aliphatic rings. The van der Waals surface area contributed by atoms with Crippen molar-refractivity contribution in [2.75, 3.05) is 13.1 Å². The van der Waals surface area contributed by atoms with E-state index in [4.69, 9.17) is 5.11 Å². The van der Waals surface area contributed by atoms with E-state index in [1.807, 2.05) is 18.7 Å². The maximum atomic E-state index is 11.4. The number of likely N-dealkylation sites (tertiary alicyclic amines) is 1.